The number of rotatable bonds is 3. The minimum absolute atomic E-state index is 0.860. The molecule has 0 radical (unpaired) electrons. The molecule has 2 heterocycles. The summed E-state index contributed by atoms with van der Waals surface area (Å²) in [5, 5.41) is 4.86. The Kier molecular flexibility index (Phi) is 2.95. The van der Waals surface area contributed by atoms with Crippen molar-refractivity contribution in [2.75, 3.05) is 11.9 Å². The van der Waals surface area contributed by atoms with Gasteiger partial charge in [0.2, 0.25) is 0 Å². The lowest BCUT2D eigenvalue weighted by Gasteiger charge is -2.22. The standard InChI is InChI=1S/C16H21N3S/c1-9-10(2)20-16-14(9)15(18-8-19-16)17-7-13-6-11-3-4-12(13)5-11/h8,11-13H,3-7H2,1-2H3,(H,17,18,19). The van der Waals surface area contributed by atoms with E-state index in [-0.39, 0.29) is 0 Å². The molecule has 2 aromatic rings. The van der Waals surface area contributed by atoms with Gasteiger partial charge in [-0.15, -0.1) is 11.3 Å². The first-order valence-corrected chi connectivity index (χ1v) is 8.48. The van der Waals surface area contributed by atoms with Gasteiger partial charge in [0.15, 0.2) is 0 Å². The van der Waals surface area contributed by atoms with Gasteiger partial charge in [0, 0.05) is 11.4 Å². The minimum atomic E-state index is 0.860. The molecule has 0 spiro atoms. The average molecular weight is 287 g/mol. The number of aryl methyl sites for hydroxylation is 2. The van der Waals surface area contributed by atoms with Gasteiger partial charge in [0.1, 0.15) is 17.0 Å². The van der Waals surface area contributed by atoms with Crippen LogP contribution in [0.25, 0.3) is 10.2 Å². The topological polar surface area (TPSA) is 37.8 Å². The lowest BCUT2D eigenvalue weighted by molar-refractivity contribution is 0.348. The zero-order valence-electron chi connectivity index (χ0n) is 12.1. The molecule has 2 fully saturated rings. The summed E-state index contributed by atoms with van der Waals surface area (Å²) in [5.74, 6) is 3.89. The number of fused-ring (bicyclic) bond motifs is 3. The highest BCUT2D eigenvalue weighted by Crippen LogP contribution is 2.48. The Balaban J connectivity index is 1.57. The highest BCUT2D eigenvalue weighted by atomic mass is 32.1. The first-order chi connectivity index (χ1) is 9.72. The molecule has 2 aromatic heterocycles. The third kappa shape index (κ3) is 1.93. The van der Waals surface area contributed by atoms with Gasteiger partial charge in [-0.05, 0) is 56.4 Å². The summed E-state index contributed by atoms with van der Waals surface area (Å²) in [5.41, 5.74) is 1.33. The lowest BCUT2D eigenvalue weighted by atomic mass is 9.89. The largest absolute Gasteiger partial charge is 0.369 e. The molecule has 0 aliphatic heterocycles. The summed E-state index contributed by atoms with van der Waals surface area (Å²) in [6.07, 6.45) is 7.52. The van der Waals surface area contributed by atoms with Crippen molar-refractivity contribution in [1.82, 2.24) is 9.97 Å². The fourth-order valence-corrected chi connectivity index (χ4v) is 5.17. The molecule has 1 N–H and O–H groups in total. The van der Waals surface area contributed by atoms with Crippen molar-refractivity contribution >= 4 is 27.4 Å². The molecule has 0 saturated heterocycles. The van der Waals surface area contributed by atoms with E-state index in [1.165, 1.54) is 41.5 Å². The molecule has 2 aliphatic rings. The zero-order valence-corrected chi connectivity index (χ0v) is 13.0. The van der Waals surface area contributed by atoms with E-state index < -0.39 is 0 Å². The van der Waals surface area contributed by atoms with Crippen molar-refractivity contribution in [3.05, 3.63) is 16.8 Å². The van der Waals surface area contributed by atoms with Crippen molar-refractivity contribution in [2.45, 2.75) is 39.5 Å². The van der Waals surface area contributed by atoms with E-state index in [0.29, 0.717) is 0 Å². The third-order valence-corrected chi connectivity index (χ3v) is 6.50. The van der Waals surface area contributed by atoms with Crippen molar-refractivity contribution < 1.29 is 0 Å². The fourth-order valence-electron chi connectivity index (χ4n) is 4.17. The number of hydrogen-bond acceptors (Lipinski definition) is 4. The number of hydrogen-bond donors (Lipinski definition) is 1. The summed E-state index contributed by atoms with van der Waals surface area (Å²) >= 11 is 1.77. The van der Waals surface area contributed by atoms with Crippen LogP contribution in [0.4, 0.5) is 5.82 Å². The van der Waals surface area contributed by atoms with Crippen LogP contribution in [0.3, 0.4) is 0 Å². The monoisotopic (exact) mass is 287 g/mol. The molecule has 3 unspecified atom stereocenters. The van der Waals surface area contributed by atoms with Crippen LogP contribution >= 0.6 is 11.3 Å². The van der Waals surface area contributed by atoms with Crippen molar-refractivity contribution in [3.63, 3.8) is 0 Å². The Morgan fingerprint density at radius 2 is 2.15 bits per heavy atom. The predicted molar refractivity (Wildman–Crippen MR) is 84.3 cm³/mol. The molecule has 3 atom stereocenters. The molecule has 0 amide bonds. The number of nitrogens with one attached hydrogen (secondary N) is 1. The van der Waals surface area contributed by atoms with Gasteiger partial charge >= 0.3 is 0 Å². The molecule has 20 heavy (non-hydrogen) atoms. The van der Waals surface area contributed by atoms with Crippen LogP contribution in [0.1, 0.15) is 36.1 Å². The molecular formula is C16H21N3S. The maximum Gasteiger partial charge on any atom is 0.138 e. The quantitative estimate of drug-likeness (QED) is 0.921. The Labute approximate surface area is 123 Å². The highest BCUT2D eigenvalue weighted by molar-refractivity contribution is 7.18. The summed E-state index contributed by atoms with van der Waals surface area (Å²) in [6, 6.07) is 0. The summed E-state index contributed by atoms with van der Waals surface area (Å²) in [4.78, 5) is 11.4. The molecule has 2 saturated carbocycles. The van der Waals surface area contributed by atoms with Crippen LogP contribution in [0.15, 0.2) is 6.33 Å². The molecule has 4 heteroatoms. The molecule has 4 rings (SSSR count). The lowest BCUT2D eigenvalue weighted by Crippen LogP contribution is -2.20. The summed E-state index contributed by atoms with van der Waals surface area (Å²) in [7, 11) is 0. The van der Waals surface area contributed by atoms with E-state index in [1.807, 2.05) is 0 Å². The molecule has 106 valence electrons. The highest BCUT2D eigenvalue weighted by Gasteiger charge is 2.39. The Hall–Kier alpha value is -1.16. The fraction of sp³-hybridized carbons (Fsp3) is 0.625. The van der Waals surface area contributed by atoms with E-state index in [4.69, 9.17) is 0 Å². The normalized spacial score (nSPS) is 28.4. The second-order valence-corrected chi connectivity index (χ2v) is 7.70. The predicted octanol–water partition coefficient (Wildman–Crippen LogP) is 4.16. The Morgan fingerprint density at radius 3 is 2.90 bits per heavy atom. The van der Waals surface area contributed by atoms with Gasteiger partial charge in [-0.2, -0.15) is 0 Å². The van der Waals surface area contributed by atoms with Gasteiger partial charge in [-0.3, -0.25) is 0 Å². The molecule has 3 nitrogen and oxygen atoms in total. The van der Waals surface area contributed by atoms with Crippen LogP contribution < -0.4 is 5.32 Å². The van der Waals surface area contributed by atoms with Crippen molar-refractivity contribution in [3.8, 4) is 0 Å². The average Bonchev–Trinajstić information content (AvgIpc) is 3.13. The van der Waals surface area contributed by atoms with E-state index in [2.05, 4.69) is 29.1 Å². The van der Waals surface area contributed by atoms with Crippen LogP contribution in [-0.4, -0.2) is 16.5 Å². The van der Waals surface area contributed by atoms with Gasteiger partial charge < -0.3 is 5.32 Å². The third-order valence-electron chi connectivity index (χ3n) is 5.38. The number of nitrogens with zero attached hydrogens (tertiary/aromatic N) is 2. The van der Waals surface area contributed by atoms with Gasteiger partial charge in [-0.25, -0.2) is 9.97 Å². The first kappa shape index (κ1) is 12.6. The summed E-state index contributed by atoms with van der Waals surface area (Å²) in [6.45, 7) is 5.43. The molecular weight excluding hydrogens is 266 g/mol. The van der Waals surface area contributed by atoms with Crippen LogP contribution in [-0.2, 0) is 0 Å². The van der Waals surface area contributed by atoms with E-state index in [0.717, 1.165) is 34.9 Å². The van der Waals surface area contributed by atoms with Gasteiger partial charge in [0.25, 0.3) is 0 Å². The Bertz CT molecular complexity index is 648. The Morgan fingerprint density at radius 1 is 1.25 bits per heavy atom. The van der Waals surface area contributed by atoms with E-state index in [9.17, 15) is 0 Å². The minimum Gasteiger partial charge on any atom is -0.369 e. The smallest absolute Gasteiger partial charge is 0.138 e. The number of anilines is 1. The van der Waals surface area contributed by atoms with Crippen LogP contribution in [0.5, 0.6) is 0 Å². The van der Waals surface area contributed by atoms with Gasteiger partial charge in [0.05, 0.1) is 5.39 Å². The number of thiophene rings is 1. The molecule has 0 aromatic carbocycles. The molecule has 2 bridgehead atoms. The van der Waals surface area contributed by atoms with Gasteiger partial charge in [-0.1, -0.05) is 6.42 Å². The second kappa shape index (κ2) is 4.69. The van der Waals surface area contributed by atoms with Crippen molar-refractivity contribution in [1.29, 1.82) is 0 Å². The molecule has 2 aliphatic carbocycles. The van der Waals surface area contributed by atoms with Crippen LogP contribution in [0.2, 0.25) is 0 Å². The first-order valence-electron chi connectivity index (χ1n) is 7.67. The van der Waals surface area contributed by atoms with E-state index >= 15 is 0 Å². The second-order valence-electron chi connectivity index (χ2n) is 6.50. The zero-order chi connectivity index (χ0) is 13.7. The van der Waals surface area contributed by atoms with Crippen LogP contribution in [0, 0.1) is 31.6 Å². The SMILES string of the molecule is Cc1sc2ncnc(NCC3CC4CCC3C4)c2c1C. The maximum absolute atomic E-state index is 4.49. The van der Waals surface area contributed by atoms with Crippen molar-refractivity contribution in [2.24, 2.45) is 17.8 Å². The maximum atomic E-state index is 4.49. The summed E-state index contributed by atoms with van der Waals surface area (Å²) < 4.78 is 0. The number of aromatic nitrogens is 2. The van der Waals surface area contributed by atoms with E-state index in [1.54, 1.807) is 17.7 Å².